The van der Waals surface area contributed by atoms with Crippen molar-refractivity contribution in [3.8, 4) is 11.1 Å². The number of para-hydroxylation sites is 2. The van der Waals surface area contributed by atoms with Crippen molar-refractivity contribution in [3.63, 3.8) is 0 Å². The van der Waals surface area contributed by atoms with E-state index in [0.717, 1.165) is 0 Å². The standard InChI is InChI=1S/C48H44N2/c1-33-13-15-34(16-14-33)35-25-27-44(28-26-35)50(43-11-7-4-8-12-43)48-32-39-22-24-41(48)30-46(39)37-19-17-36(18-20-37)45-29-40-23-21-38(45)31-47(40)49(2)42-9-5-3-6-10-42/h3-20,25-32,38-41H,21-24H2,1-2H3. The van der Waals surface area contributed by atoms with Crippen LogP contribution < -0.4 is 9.80 Å². The van der Waals surface area contributed by atoms with Crippen LogP contribution in [0, 0.1) is 30.6 Å². The summed E-state index contributed by atoms with van der Waals surface area (Å²) in [5.41, 5.74) is 16.1. The molecule has 5 aromatic carbocycles. The second-order valence-corrected chi connectivity index (χ2v) is 14.6. The highest BCUT2D eigenvalue weighted by Crippen LogP contribution is 2.49. The van der Waals surface area contributed by atoms with Gasteiger partial charge in [0.05, 0.1) is 0 Å². The second-order valence-electron chi connectivity index (χ2n) is 14.6. The SMILES string of the molecule is Cc1ccc(-c2ccc(N(C3=CC4CCC3C=C4c3ccc(C4=CC5CCC4C=C5N(C)c4ccccc4)cc3)c3ccccc3)cc2)cc1. The molecular formula is C48H44N2. The molecule has 0 heterocycles. The van der Waals surface area contributed by atoms with E-state index in [1.165, 1.54) is 93.1 Å². The number of hydrogen-bond acceptors (Lipinski definition) is 2. The Balaban J connectivity index is 0.960. The Morgan fingerprint density at radius 1 is 0.400 bits per heavy atom. The summed E-state index contributed by atoms with van der Waals surface area (Å²) in [6.45, 7) is 2.14. The monoisotopic (exact) mass is 648 g/mol. The van der Waals surface area contributed by atoms with Crippen molar-refractivity contribution >= 4 is 28.2 Å². The number of nitrogens with zero attached hydrogens (tertiary/aromatic N) is 2. The third kappa shape index (κ3) is 5.63. The number of aryl methyl sites for hydroxylation is 1. The maximum Gasteiger partial charge on any atom is 0.0458 e. The van der Waals surface area contributed by atoms with Crippen molar-refractivity contribution < 1.29 is 0 Å². The molecule has 0 radical (unpaired) electrons. The molecule has 2 heteroatoms. The summed E-state index contributed by atoms with van der Waals surface area (Å²) < 4.78 is 0. The molecule has 4 unspecified atom stereocenters. The molecule has 11 rings (SSSR count). The normalized spacial score (nSPS) is 22.0. The quantitative estimate of drug-likeness (QED) is 0.165. The van der Waals surface area contributed by atoms with Crippen LogP contribution in [0.1, 0.15) is 42.4 Å². The molecule has 50 heavy (non-hydrogen) atoms. The van der Waals surface area contributed by atoms with Crippen LogP contribution in [0.3, 0.4) is 0 Å². The van der Waals surface area contributed by atoms with Gasteiger partial charge in [0.1, 0.15) is 0 Å². The molecule has 0 saturated heterocycles. The topological polar surface area (TPSA) is 6.48 Å². The number of fused-ring (bicyclic) bond motifs is 2. The molecular weight excluding hydrogens is 605 g/mol. The molecule has 6 aliphatic rings. The number of benzene rings is 5. The Morgan fingerprint density at radius 3 is 1.32 bits per heavy atom. The molecule has 6 aliphatic carbocycles. The number of allylic oxidation sites excluding steroid dienone is 6. The summed E-state index contributed by atoms with van der Waals surface area (Å²) >= 11 is 0. The van der Waals surface area contributed by atoms with Crippen molar-refractivity contribution in [2.24, 2.45) is 23.7 Å². The smallest absolute Gasteiger partial charge is 0.0458 e. The highest BCUT2D eigenvalue weighted by Gasteiger charge is 2.35. The zero-order valence-corrected chi connectivity index (χ0v) is 29.0. The van der Waals surface area contributed by atoms with Gasteiger partial charge in [-0.05, 0) is 102 Å². The molecule has 0 amide bonds. The first-order valence-electron chi connectivity index (χ1n) is 18.4. The van der Waals surface area contributed by atoms with Crippen LogP contribution in [0.4, 0.5) is 17.1 Å². The lowest BCUT2D eigenvalue weighted by molar-refractivity contribution is 0.508. The first kappa shape index (κ1) is 30.7. The van der Waals surface area contributed by atoms with Crippen molar-refractivity contribution in [2.45, 2.75) is 32.6 Å². The summed E-state index contributed by atoms with van der Waals surface area (Å²) in [5.74, 6) is 1.76. The Hall–Kier alpha value is -5.34. The van der Waals surface area contributed by atoms with Crippen molar-refractivity contribution in [1.29, 1.82) is 0 Å². The summed E-state index contributed by atoms with van der Waals surface area (Å²) in [5, 5.41) is 0. The first-order chi connectivity index (χ1) is 24.6. The minimum atomic E-state index is 0.383. The number of rotatable bonds is 8. The maximum atomic E-state index is 2.57. The summed E-state index contributed by atoms with van der Waals surface area (Å²) in [7, 11) is 2.22. The minimum absolute atomic E-state index is 0.383. The Kier molecular flexibility index (Phi) is 7.88. The van der Waals surface area contributed by atoms with Crippen molar-refractivity contribution in [2.75, 3.05) is 16.8 Å². The van der Waals surface area contributed by atoms with E-state index in [2.05, 4.69) is 182 Å². The fraction of sp³-hybridized carbons (Fsp3) is 0.208. The van der Waals surface area contributed by atoms with Gasteiger partial charge in [-0.2, -0.15) is 0 Å². The van der Waals surface area contributed by atoms with Gasteiger partial charge in [-0.25, -0.2) is 0 Å². The van der Waals surface area contributed by atoms with Crippen LogP contribution in [0.5, 0.6) is 0 Å². The van der Waals surface area contributed by atoms with Gasteiger partial charge < -0.3 is 9.80 Å². The fourth-order valence-electron chi connectivity index (χ4n) is 8.80. The predicted octanol–water partition coefficient (Wildman–Crippen LogP) is 12.3. The van der Waals surface area contributed by atoms with Gasteiger partial charge in [0, 0.05) is 59.2 Å². The molecule has 5 aromatic rings. The van der Waals surface area contributed by atoms with Gasteiger partial charge in [-0.3, -0.25) is 0 Å². The zero-order valence-electron chi connectivity index (χ0n) is 29.0. The molecule has 2 nitrogen and oxygen atoms in total. The molecule has 0 saturated carbocycles. The average molecular weight is 649 g/mol. The summed E-state index contributed by atoms with van der Waals surface area (Å²) in [6, 6.07) is 49.1. The van der Waals surface area contributed by atoms with Gasteiger partial charge in [0.15, 0.2) is 0 Å². The highest BCUT2D eigenvalue weighted by molar-refractivity contribution is 5.80. The number of anilines is 3. The average Bonchev–Trinajstić information content (AvgIpc) is 3.19. The van der Waals surface area contributed by atoms with E-state index >= 15 is 0 Å². The molecule has 0 N–H and O–H groups in total. The lowest BCUT2D eigenvalue weighted by atomic mass is 9.71. The van der Waals surface area contributed by atoms with E-state index < -0.39 is 0 Å². The third-order valence-corrected chi connectivity index (χ3v) is 11.5. The summed E-state index contributed by atoms with van der Waals surface area (Å²) in [4.78, 5) is 4.88. The molecule has 4 atom stereocenters. The number of hydrogen-bond donors (Lipinski definition) is 0. The maximum absolute atomic E-state index is 2.57. The lowest BCUT2D eigenvalue weighted by Gasteiger charge is -2.41. The molecule has 0 aromatic heterocycles. The third-order valence-electron chi connectivity index (χ3n) is 11.5. The molecule has 0 spiro atoms. The van der Waals surface area contributed by atoms with Gasteiger partial charge in [-0.1, -0.05) is 127 Å². The molecule has 0 aliphatic heterocycles. The first-order valence-corrected chi connectivity index (χ1v) is 18.4. The lowest BCUT2D eigenvalue weighted by Crippen LogP contribution is -2.30. The van der Waals surface area contributed by atoms with Crippen LogP contribution in [0.25, 0.3) is 22.3 Å². The minimum Gasteiger partial charge on any atom is -0.348 e. The van der Waals surface area contributed by atoms with Crippen LogP contribution in [0.2, 0.25) is 0 Å². The molecule has 246 valence electrons. The summed E-state index contributed by atoms with van der Waals surface area (Å²) in [6.07, 6.45) is 15.1. The Bertz CT molecular complexity index is 2120. The highest BCUT2D eigenvalue weighted by atomic mass is 15.2. The van der Waals surface area contributed by atoms with Crippen LogP contribution in [-0.2, 0) is 0 Å². The van der Waals surface area contributed by atoms with E-state index in [0.29, 0.717) is 23.7 Å². The zero-order chi connectivity index (χ0) is 33.6. The predicted molar refractivity (Wildman–Crippen MR) is 211 cm³/mol. The van der Waals surface area contributed by atoms with Gasteiger partial charge in [0.2, 0.25) is 0 Å². The van der Waals surface area contributed by atoms with Gasteiger partial charge >= 0.3 is 0 Å². The fourth-order valence-corrected chi connectivity index (χ4v) is 8.80. The van der Waals surface area contributed by atoms with Crippen molar-refractivity contribution in [3.05, 3.63) is 186 Å². The van der Waals surface area contributed by atoms with Gasteiger partial charge in [-0.15, -0.1) is 0 Å². The Labute approximate surface area is 297 Å². The largest absolute Gasteiger partial charge is 0.348 e. The molecule has 0 fully saturated rings. The second kappa shape index (κ2) is 12.8. The van der Waals surface area contributed by atoms with Crippen LogP contribution >= 0.6 is 0 Å². The van der Waals surface area contributed by atoms with Crippen LogP contribution in [0.15, 0.2) is 169 Å². The Morgan fingerprint density at radius 2 is 0.820 bits per heavy atom. The van der Waals surface area contributed by atoms with E-state index in [4.69, 9.17) is 0 Å². The molecule has 4 bridgehead atoms. The van der Waals surface area contributed by atoms with E-state index in [1.54, 1.807) is 0 Å². The van der Waals surface area contributed by atoms with Crippen molar-refractivity contribution in [1.82, 2.24) is 0 Å². The van der Waals surface area contributed by atoms with E-state index in [1.807, 2.05) is 0 Å². The van der Waals surface area contributed by atoms with E-state index in [-0.39, 0.29) is 0 Å². The van der Waals surface area contributed by atoms with Gasteiger partial charge in [0.25, 0.3) is 0 Å². The van der Waals surface area contributed by atoms with Crippen LogP contribution in [-0.4, -0.2) is 7.05 Å². The van der Waals surface area contributed by atoms with E-state index in [9.17, 15) is 0 Å².